The van der Waals surface area contributed by atoms with Crippen LogP contribution < -0.4 is 10.6 Å². The van der Waals surface area contributed by atoms with Gasteiger partial charge in [-0.1, -0.05) is 6.92 Å². The first-order chi connectivity index (χ1) is 7.98. The van der Waals surface area contributed by atoms with Gasteiger partial charge in [0.15, 0.2) is 5.69 Å². The molecular formula is C11H18N4O2. The maximum absolute atomic E-state index is 11.2. The number of carbonyl (C=O) groups is 1. The molecular weight excluding hydrogens is 220 g/mol. The molecule has 1 aromatic rings. The van der Waals surface area contributed by atoms with Crippen LogP contribution in [0.25, 0.3) is 0 Å². The Balaban J connectivity index is 2.60. The highest BCUT2D eigenvalue weighted by atomic mass is 16.3. The summed E-state index contributed by atoms with van der Waals surface area (Å²) in [5, 5.41) is 22.8. The van der Waals surface area contributed by atoms with Crippen LogP contribution >= 0.6 is 0 Å². The Morgan fingerprint density at radius 1 is 1.47 bits per heavy atom. The summed E-state index contributed by atoms with van der Waals surface area (Å²) in [6.07, 6.45) is 0.643. The molecule has 94 valence electrons. The maximum Gasteiger partial charge on any atom is 0.271 e. The second-order valence-electron chi connectivity index (χ2n) is 4.09. The van der Waals surface area contributed by atoms with Gasteiger partial charge in [-0.3, -0.25) is 4.79 Å². The molecule has 3 N–H and O–H groups in total. The summed E-state index contributed by atoms with van der Waals surface area (Å²) >= 11 is 0. The summed E-state index contributed by atoms with van der Waals surface area (Å²) < 4.78 is 0. The molecule has 1 heterocycles. The minimum atomic E-state index is -0.777. The molecule has 1 atom stereocenters. The van der Waals surface area contributed by atoms with E-state index in [0.29, 0.717) is 18.8 Å². The first kappa shape index (κ1) is 13.4. The van der Waals surface area contributed by atoms with Crippen molar-refractivity contribution in [3.8, 4) is 0 Å². The molecule has 0 aliphatic carbocycles. The highest BCUT2D eigenvalue weighted by molar-refractivity contribution is 5.91. The lowest BCUT2D eigenvalue weighted by atomic mass is 10.0. The van der Waals surface area contributed by atoms with E-state index in [1.165, 1.54) is 7.05 Å². The van der Waals surface area contributed by atoms with Crippen LogP contribution in [0.5, 0.6) is 0 Å². The summed E-state index contributed by atoms with van der Waals surface area (Å²) in [6, 6.07) is 3.23. The molecule has 6 nitrogen and oxygen atoms in total. The van der Waals surface area contributed by atoms with E-state index in [4.69, 9.17) is 0 Å². The van der Waals surface area contributed by atoms with Crippen molar-refractivity contribution in [2.75, 3.05) is 18.9 Å². The van der Waals surface area contributed by atoms with E-state index in [9.17, 15) is 9.90 Å². The second-order valence-corrected chi connectivity index (χ2v) is 4.09. The van der Waals surface area contributed by atoms with E-state index in [0.717, 1.165) is 0 Å². The van der Waals surface area contributed by atoms with Crippen LogP contribution in [0.1, 0.15) is 30.8 Å². The minimum Gasteiger partial charge on any atom is -0.388 e. The molecule has 1 amide bonds. The number of hydrogen-bond donors (Lipinski definition) is 3. The van der Waals surface area contributed by atoms with Crippen LogP contribution in [0.4, 0.5) is 5.82 Å². The van der Waals surface area contributed by atoms with Gasteiger partial charge in [0.2, 0.25) is 0 Å². The molecule has 0 aliphatic rings. The van der Waals surface area contributed by atoms with Crippen molar-refractivity contribution in [1.82, 2.24) is 15.5 Å². The normalized spacial score (nSPS) is 13.9. The summed E-state index contributed by atoms with van der Waals surface area (Å²) in [7, 11) is 1.54. The molecule has 1 rings (SSSR count). The van der Waals surface area contributed by atoms with Gasteiger partial charge in [0.05, 0.1) is 5.60 Å². The topological polar surface area (TPSA) is 87.1 Å². The number of nitrogens with zero attached hydrogens (tertiary/aromatic N) is 2. The molecule has 6 heteroatoms. The Hall–Kier alpha value is -1.69. The molecule has 0 aromatic carbocycles. The molecule has 0 fully saturated rings. The van der Waals surface area contributed by atoms with Crippen LogP contribution in [0.3, 0.4) is 0 Å². The third kappa shape index (κ3) is 3.99. The SMILES string of the molecule is CCC(C)(O)CNc1ccc(C(=O)NC)nn1. The fourth-order valence-corrected chi connectivity index (χ4v) is 1.08. The van der Waals surface area contributed by atoms with E-state index >= 15 is 0 Å². The molecule has 0 aliphatic heterocycles. The zero-order valence-corrected chi connectivity index (χ0v) is 10.3. The van der Waals surface area contributed by atoms with Gasteiger partial charge in [-0.2, -0.15) is 0 Å². The van der Waals surface area contributed by atoms with Gasteiger partial charge in [-0.25, -0.2) is 0 Å². The van der Waals surface area contributed by atoms with Crippen molar-refractivity contribution in [3.05, 3.63) is 17.8 Å². The number of aromatic nitrogens is 2. The van der Waals surface area contributed by atoms with Gasteiger partial charge in [0.1, 0.15) is 5.82 Å². The van der Waals surface area contributed by atoms with Crippen LogP contribution in [0.15, 0.2) is 12.1 Å². The molecule has 0 radical (unpaired) electrons. The number of carbonyl (C=O) groups excluding carboxylic acids is 1. The first-order valence-electron chi connectivity index (χ1n) is 5.50. The monoisotopic (exact) mass is 238 g/mol. The van der Waals surface area contributed by atoms with Gasteiger partial charge in [-0.05, 0) is 25.5 Å². The average molecular weight is 238 g/mol. The number of nitrogens with one attached hydrogen (secondary N) is 2. The van der Waals surface area contributed by atoms with E-state index in [2.05, 4.69) is 20.8 Å². The van der Waals surface area contributed by atoms with Crippen molar-refractivity contribution in [2.45, 2.75) is 25.9 Å². The maximum atomic E-state index is 11.2. The van der Waals surface area contributed by atoms with Gasteiger partial charge >= 0.3 is 0 Å². The fourth-order valence-electron chi connectivity index (χ4n) is 1.08. The summed E-state index contributed by atoms with van der Waals surface area (Å²) in [5.41, 5.74) is -0.512. The number of amides is 1. The van der Waals surface area contributed by atoms with Crippen LogP contribution in [-0.4, -0.2) is 40.4 Å². The smallest absolute Gasteiger partial charge is 0.271 e. The highest BCUT2D eigenvalue weighted by Crippen LogP contribution is 2.10. The van der Waals surface area contributed by atoms with E-state index < -0.39 is 5.60 Å². The third-order valence-electron chi connectivity index (χ3n) is 2.54. The number of aliphatic hydroxyl groups is 1. The van der Waals surface area contributed by atoms with Gasteiger partial charge in [0.25, 0.3) is 5.91 Å². The van der Waals surface area contributed by atoms with Crippen molar-refractivity contribution in [1.29, 1.82) is 0 Å². The molecule has 0 bridgehead atoms. The summed E-state index contributed by atoms with van der Waals surface area (Å²) in [5.74, 6) is 0.260. The van der Waals surface area contributed by atoms with Crippen LogP contribution in [0.2, 0.25) is 0 Å². The Bertz CT molecular complexity index is 376. The lowest BCUT2D eigenvalue weighted by Crippen LogP contribution is -2.32. The second kappa shape index (κ2) is 5.58. The van der Waals surface area contributed by atoms with Gasteiger partial charge < -0.3 is 15.7 Å². The summed E-state index contributed by atoms with van der Waals surface area (Å²) in [6.45, 7) is 4.03. The zero-order valence-electron chi connectivity index (χ0n) is 10.3. The molecule has 17 heavy (non-hydrogen) atoms. The van der Waals surface area contributed by atoms with Crippen molar-refractivity contribution in [3.63, 3.8) is 0 Å². The van der Waals surface area contributed by atoms with Crippen LogP contribution in [-0.2, 0) is 0 Å². The molecule has 1 aromatic heterocycles. The first-order valence-corrected chi connectivity index (χ1v) is 5.50. The Kier molecular flexibility index (Phi) is 4.39. The predicted octanol–water partition coefficient (Wildman–Crippen LogP) is 0.409. The molecule has 1 unspecified atom stereocenters. The largest absolute Gasteiger partial charge is 0.388 e. The fraction of sp³-hybridized carbons (Fsp3) is 0.545. The molecule has 0 spiro atoms. The Labute approximate surface area is 100 Å². The summed E-state index contributed by atoms with van der Waals surface area (Å²) in [4.78, 5) is 11.2. The zero-order chi connectivity index (χ0) is 12.9. The Morgan fingerprint density at radius 2 is 2.18 bits per heavy atom. The average Bonchev–Trinajstić information content (AvgIpc) is 2.36. The predicted molar refractivity (Wildman–Crippen MR) is 64.8 cm³/mol. The number of hydrogen-bond acceptors (Lipinski definition) is 5. The van der Waals surface area contributed by atoms with Gasteiger partial charge in [-0.15, -0.1) is 10.2 Å². The minimum absolute atomic E-state index is 0.264. The quantitative estimate of drug-likeness (QED) is 0.691. The highest BCUT2D eigenvalue weighted by Gasteiger charge is 2.17. The van der Waals surface area contributed by atoms with Crippen LogP contribution in [0, 0.1) is 0 Å². The van der Waals surface area contributed by atoms with Crippen molar-refractivity contribution in [2.24, 2.45) is 0 Å². The van der Waals surface area contributed by atoms with E-state index in [1.807, 2.05) is 6.92 Å². The molecule has 0 saturated carbocycles. The lowest BCUT2D eigenvalue weighted by molar-refractivity contribution is 0.0696. The van der Waals surface area contributed by atoms with E-state index in [1.54, 1.807) is 19.1 Å². The van der Waals surface area contributed by atoms with Crippen molar-refractivity contribution >= 4 is 11.7 Å². The van der Waals surface area contributed by atoms with Crippen molar-refractivity contribution < 1.29 is 9.90 Å². The van der Waals surface area contributed by atoms with E-state index in [-0.39, 0.29) is 11.6 Å². The lowest BCUT2D eigenvalue weighted by Gasteiger charge is -2.21. The Morgan fingerprint density at radius 3 is 2.65 bits per heavy atom. The number of rotatable bonds is 5. The van der Waals surface area contributed by atoms with Gasteiger partial charge in [0, 0.05) is 13.6 Å². The molecule has 0 saturated heterocycles. The third-order valence-corrected chi connectivity index (χ3v) is 2.54. The number of anilines is 1. The standard InChI is InChI=1S/C11H18N4O2/c1-4-11(2,17)7-13-9-6-5-8(14-15-9)10(16)12-3/h5-6,17H,4,7H2,1-3H3,(H,12,16)(H,13,15).